The van der Waals surface area contributed by atoms with E-state index in [0.29, 0.717) is 23.4 Å². The van der Waals surface area contributed by atoms with Gasteiger partial charge in [-0.1, -0.05) is 6.07 Å². The molecule has 1 aliphatic rings. The van der Waals surface area contributed by atoms with Crippen LogP contribution in [-0.4, -0.2) is 40.7 Å². The molecule has 1 saturated heterocycles. The Bertz CT molecular complexity index is 1190. The van der Waals surface area contributed by atoms with Crippen molar-refractivity contribution in [1.29, 1.82) is 0 Å². The molecule has 1 aromatic heterocycles. The summed E-state index contributed by atoms with van der Waals surface area (Å²) in [6.07, 6.45) is 0. The number of ether oxygens (including phenoxy) is 1. The molecule has 6 nitrogen and oxygen atoms in total. The lowest BCUT2D eigenvalue weighted by Crippen LogP contribution is -2.54. The highest BCUT2D eigenvalue weighted by atomic mass is 32.2. The van der Waals surface area contributed by atoms with Gasteiger partial charge in [-0.15, -0.1) is 0 Å². The Hall–Kier alpha value is -2.62. The van der Waals surface area contributed by atoms with E-state index in [0.717, 1.165) is 24.3 Å². The van der Waals surface area contributed by atoms with Gasteiger partial charge in [0.15, 0.2) is 0 Å². The van der Waals surface area contributed by atoms with Crippen LogP contribution in [0.2, 0.25) is 0 Å². The van der Waals surface area contributed by atoms with E-state index in [2.05, 4.69) is 28.8 Å². The Labute approximate surface area is 192 Å². The summed E-state index contributed by atoms with van der Waals surface area (Å²) in [5.41, 5.74) is 2.62. The molecule has 9 heteroatoms. The molecule has 2 N–H and O–H groups in total. The summed E-state index contributed by atoms with van der Waals surface area (Å²) in [5.74, 6) is -0.440. The van der Waals surface area contributed by atoms with Gasteiger partial charge in [0.05, 0.1) is 12.8 Å². The first-order valence-corrected chi connectivity index (χ1v) is 12.7. The molecule has 32 heavy (non-hydrogen) atoms. The Morgan fingerprint density at radius 1 is 1.09 bits per heavy atom. The molecular weight excluding hydrogens is 449 g/mol. The lowest BCUT2D eigenvalue weighted by atomic mass is 10.1. The number of benzene rings is 2. The van der Waals surface area contributed by atoms with Crippen molar-refractivity contribution >= 4 is 32.7 Å². The fourth-order valence-corrected chi connectivity index (χ4v) is 5.82. The van der Waals surface area contributed by atoms with E-state index in [1.807, 2.05) is 22.9 Å². The van der Waals surface area contributed by atoms with Gasteiger partial charge in [-0.25, -0.2) is 12.8 Å². The number of nitrogens with one attached hydrogen (secondary N) is 2. The summed E-state index contributed by atoms with van der Waals surface area (Å²) in [4.78, 5) is 1.78. The minimum atomic E-state index is -4.16. The van der Waals surface area contributed by atoms with Crippen LogP contribution in [0.1, 0.15) is 13.8 Å². The molecule has 0 saturated carbocycles. The lowest BCUT2D eigenvalue weighted by Gasteiger charge is -2.38. The maximum absolute atomic E-state index is 14.8. The Morgan fingerprint density at radius 2 is 1.84 bits per heavy atom. The van der Waals surface area contributed by atoms with Crippen molar-refractivity contribution in [1.82, 2.24) is 5.32 Å². The van der Waals surface area contributed by atoms with E-state index < -0.39 is 20.7 Å². The highest BCUT2D eigenvalue weighted by molar-refractivity contribution is 7.92. The molecule has 3 aromatic rings. The summed E-state index contributed by atoms with van der Waals surface area (Å²) in [5, 5.41) is 7.25. The third kappa shape index (κ3) is 4.74. The van der Waals surface area contributed by atoms with Gasteiger partial charge in [0.25, 0.3) is 10.0 Å². The minimum Gasteiger partial charge on any atom is -0.495 e. The second-order valence-corrected chi connectivity index (χ2v) is 10.5. The zero-order chi connectivity index (χ0) is 22.9. The number of methoxy groups -OCH3 is 1. The van der Waals surface area contributed by atoms with Gasteiger partial charge >= 0.3 is 0 Å². The van der Waals surface area contributed by atoms with Gasteiger partial charge in [0, 0.05) is 30.9 Å². The molecule has 2 heterocycles. The molecule has 0 amide bonds. The molecule has 4 rings (SSSR count). The number of halogens is 1. The Kier molecular flexibility index (Phi) is 6.41. The van der Waals surface area contributed by atoms with Crippen LogP contribution in [0.4, 0.5) is 15.8 Å². The summed E-state index contributed by atoms with van der Waals surface area (Å²) >= 11 is 1.49. The number of hydrogen-bond acceptors (Lipinski definition) is 6. The number of piperazine rings is 1. The van der Waals surface area contributed by atoms with Crippen molar-refractivity contribution in [3.8, 4) is 16.9 Å². The maximum atomic E-state index is 14.8. The van der Waals surface area contributed by atoms with Gasteiger partial charge in [-0.3, -0.25) is 4.72 Å². The highest BCUT2D eigenvalue weighted by Crippen LogP contribution is 2.33. The average Bonchev–Trinajstić information content (AvgIpc) is 3.27. The summed E-state index contributed by atoms with van der Waals surface area (Å²) in [6.45, 7) is 5.81. The lowest BCUT2D eigenvalue weighted by molar-refractivity contribution is 0.406. The maximum Gasteiger partial charge on any atom is 0.264 e. The highest BCUT2D eigenvalue weighted by Gasteiger charge is 2.24. The predicted molar refractivity (Wildman–Crippen MR) is 128 cm³/mol. The third-order valence-electron chi connectivity index (χ3n) is 5.43. The van der Waals surface area contributed by atoms with Crippen molar-refractivity contribution in [2.24, 2.45) is 0 Å². The summed E-state index contributed by atoms with van der Waals surface area (Å²) < 4.78 is 48.8. The van der Waals surface area contributed by atoms with Crippen LogP contribution in [-0.2, 0) is 10.0 Å². The second kappa shape index (κ2) is 9.09. The average molecular weight is 476 g/mol. The van der Waals surface area contributed by atoms with E-state index in [1.165, 1.54) is 30.6 Å². The summed E-state index contributed by atoms with van der Waals surface area (Å²) in [6, 6.07) is 12.0. The van der Waals surface area contributed by atoms with Crippen LogP contribution in [0.5, 0.6) is 5.75 Å². The number of nitrogens with zero attached hydrogens (tertiary/aromatic N) is 1. The number of anilines is 2. The Balaban J connectivity index is 1.64. The first-order valence-electron chi connectivity index (χ1n) is 10.3. The first kappa shape index (κ1) is 22.6. The van der Waals surface area contributed by atoms with Crippen molar-refractivity contribution in [3.05, 3.63) is 59.0 Å². The van der Waals surface area contributed by atoms with Gasteiger partial charge in [-0.2, -0.15) is 11.3 Å². The van der Waals surface area contributed by atoms with Crippen molar-refractivity contribution < 1.29 is 17.5 Å². The second-order valence-electron chi connectivity index (χ2n) is 8.02. The van der Waals surface area contributed by atoms with Crippen LogP contribution < -0.4 is 19.7 Å². The van der Waals surface area contributed by atoms with Crippen LogP contribution in [0.15, 0.2) is 58.1 Å². The molecule has 0 radical (unpaired) electrons. The number of hydrogen-bond donors (Lipinski definition) is 2. The van der Waals surface area contributed by atoms with E-state index >= 15 is 0 Å². The van der Waals surface area contributed by atoms with Crippen LogP contribution in [0.25, 0.3) is 11.1 Å². The molecule has 1 aliphatic heterocycles. The smallest absolute Gasteiger partial charge is 0.264 e. The number of thiophene rings is 1. The van der Waals surface area contributed by atoms with Gasteiger partial charge < -0.3 is 15.0 Å². The van der Waals surface area contributed by atoms with Crippen molar-refractivity contribution in [2.45, 2.75) is 30.8 Å². The van der Waals surface area contributed by atoms with Crippen molar-refractivity contribution in [3.63, 3.8) is 0 Å². The Morgan fingerprint density at radius 3 is 2.47 bits per heavy atom. The molecule has 0 bridgehead atoms. The molecule has 0 unspecified atom stereocenters. The van der Waals surface area contributed by atoms with Crippen molar-refractivity contribution in [2.75, 3.05) is 29.8 Å². The zero-order valence-corrected chi connectivity index (χ0v) is 19.8. The molecule has 2 atom stereocenters. The molecule has 0 spiro atoms. The SMILES string of the molecule is COc1ccc(N2C[C@@H](C)N[C@@H](C)C2)cc1NS(=O)(=O)c1ccc(-c2ccsc2)cc1F. The van der Waals surface area contributed by atoms with Crippen LogP contribution >= 0.6 is 11.3 Å². The van der Waals surface area contributed by atoms with Crippen LogP contribution in [0.3, 0.4) is 0 Å². The first-order chi connectivity index (χ1) is 15.3. The van der Waals surface area contributed by atoms with E-state index in [4.69, 9.17) is 4.74 Å². The topological polar surface area (TPSA) is 70.7 Å². The monoisotopic (exact) mass is 475 g/mol. The van der Waals surface area contributed by atoms with E-state index in [-0.39, 0.29) is 5.69 Å². The number of rotatable bonds is 6. The zero-order valence-electron chi connectivity index (χ0n) is 18.1. The van der Waals surface area contributed by atoms with Gasteiger partial charge in [0.2, 0.25) is 0 Å². The quantitative estimate of drug-likeness (QED) is 0.547. The minimum absolute atomic E-state index is 0.269. The molecule has 170 valence electrons. The number of sulfonamides is 1. The standard InChI is InChI=1S/C23H26FN3O3S2/c1-15-12-27(13-16(2)25-15)19-5-6-22(30-3)21(11-19)26-32(28,29)23-7-4-17(10-20(23)24)18-8-9-31-14-18/h4-11,14-16,25-26H,12-13H2,1-3H3/t15-,16+. The van der Waals surface area contributed by atoms with E-state index in [9.17, 15) is 12.8 Å². The normalized spacial score (nSPS) is 19.1. The largest absolute Gasteiger partial charge is 0.495 e. The van der Waals surface area contributed by atoms with Gasteiger partial charge in [0.1, 0.15) is 16.5 Å². The third-order valence-corrected chi connectivity index (χ3v) is 7.51. The molecule has 1 fully saturated rings. The van der Waals surface area contributed by atoms with Gasteiger partial charge in [-0.05, 0) is 72.1 Å². The van der Waals surface area contributed by atoms with E-state index in [1.54, 1.807) is 18.2 Å². The summed E-state index contributed by atoms with van der Waals surface area (Å²) in [7, 11) is -2.69. The molecular formula is C23H26FN3O3S2. The molecule has 2 aromatic carbocycles. The predicted octanol–water partition coefficient (Wildman–Crippen LogP) is 4.55. The fraction of sp³-hybridized carbons (Fsp3) is 0.304. The fourth-order valence-electron chi connectivity index (χ4n) is 4.04. The molecule has 0 aliphatic carbocycles. The van der Waals surface area contributed by atoms with Crippen LogP contribution in [0, 0.1) is 5.82 Å².